The summed E-state index contributed by atoms with van der Waals surface area (Å²) in [5.74, 6) is 0.456. The van der Waals surface area contributed by atoms with Crippen molar-refractivity contribution in [2.24, 2.45) is 0 Å². The summed E-state index contributed by atoms with van der Waals surface area (Å²) in [5, 5.41) is 3.15. The molecule has 1 aromatic carbocycles. The molecule has 0 saturated heterocycles. The smallest absolute Gasteiger partial charge is 0.151 e. The molecule has 0 radical (unpaired) electrons. The second-order valence-electron chi connectivity index (χ2n) is 4.31. The highest BCUT2D eigenvalue weighted by molar-refractivity contribution is 7.91. The fourth-order valence-corrected chi connectivity index (χ4v) is 3.13. The van der Waals surface area contributed by atoms with E-state index in [-0.39, 0.29) is 0 Å². The van der Waals surface area contributed by atoms with Gasteiger partial charge in [-0.1, -0.05) is 23.2 Å². The topological polar surface area (TPSA) is 55.4 Å². The molecule has 19 heavy (non-hydrogen) atoms. The normalized spacial score (nSPS) is 15.1. The van der Waals surface area contributed by atoms with E-state index >= 15 is 0 Å². The number of nitrogens with one attached hydrogen (secondary N) is 1. The van der Waals surface area contributed by atoms with Crippen molar-refractivity contribution in [3.63, 3.8) is 0 Å². The Morgan fingerprint density at radius 3 is 2.26 bits per heavy atom. The lowest BCUT2D eigenvalue weighted by atomic mass is 10.0. The summed E-state index contributed by atoms with van der Waals surface area (Å²) in [4.78, 5) is 0. The average Bonchev–Trinajstić information content (AvgIpc) is 2.32. The molecule has 0 aromatic heterocycles. The van der Waals surface area contributed by atoms with Crippen LogP contribution in [0.3, 0.4) is 0 Å². The number of hydrogen-bond donors (Lipinski definition) is 1. The molecule has 0 bridgehead atoms. The highest BCUT2D eigenvalue weighted by Crippen LogP contribution is 2.35. The van der Waals surface area contributed by atoms with Gasteiger partial charge in [-0.2, -0.15) is 0 Å². The molecular weight excluding hydrogens is 309 g/mol. The minimum atomic E-state index is -3.20. The molecule has 0 heterocycles. The molecule has 2 atom stereocenters. The van der Waals surface area contributed by atoms with Crippen LogP contribution in [0, 0.1) is 0 Å². The van der Waals surface area contributed by atoms with Gasteiger partial charge in [0.05, 0.1) is 17.4 Å². The van der Waals surface area contributed by atoms with Crippen molar-refractivity contribution in [2.75, 3.05) is 20.4 Å². The first-order valence-electron chi connectivity index (χ1n) is 5.61. The van der Waals surface area contributed by atoms with E-state index in [4.69, 9.17) is 27.9 Å². The first kappa shape index (κ1) is 16.6. The Morgan fingerprint density at radius 1 is 1.26 bits per heavy atom. The van der Waals surface area contributed by atoms with Crippen molar-refractivity contribution >= 4 is 33.0 Å². The van der Waals surface area contributed by atoms with Gasteiger partial charge < -0.3 is 10.1 Å². The maximum Gasteiger partial charge on any atom is 0.151 e. The van der Waals surface area contributed by atoms with Crippen molar-refractivity contribution in [2.45, 2.75) is 18.2 Å². The van der Waals surface area contributed by atoms with Crippen molar-refractivity contribution < 1.29 is 13.2 Å². The Labute approximate surface area is 124 Å². The number of sulfone groups is 1. The van der Waals surface area contributed by atoms with Crippen LogP contribution < -0.4 is 10.1 Å². The zero-order valence-electron chi connectivity index (χ0n) is 11.2. The van der Waals surface area contributed by atoms with E-state index in [0.29, 0.717) is 21.4 Å². The van der Waals surface area contributed by atoms with Crippen LogP contribution in [0.4, 0.5) is 0 Å². The Kier molecular flexibility index (Phi) is 5.50. The molecule has 7 heteroatoms. The fourth-order valence-electron chi connectivity index (χ4n) is 1.83. The molecule has 108 valence electrons. The number of hydrogen-bond acceptors (Lipinski definition) is 4. The zero-order chi connectivity index (χ0) is 14.8. The number of halogens is 2. The Hall–Kier alpha value is -0.490. The largest absolute Gasteiger partial charge is 0.495 e. The Morgan fingerprint density at radius 2 is 1.84 bits per heavy atom. The van der Waals surface area contributed by atoms with Gasteiger partial charge in [0.2, 0.25) is 0 Å². The third kappa shape index (κ3) is 3.75. The van der Waals surface area contributed by atoms with Crippen molar-refractivity contribution in [3.8, 4) is 5.75 Å². The Bertz CT molecular complexity index is 560. The summed E-state index contributed by atoms with van der Waals surface area (Å²) < 4.78 is 28.4. The molecule has 2 unspecified atom stereocenters. The van der Waals surface area contributed by atoms with Gasteiger partial charge in [0.15, 0.2) is 9.84 Å². The first-order valence-corrected chi connectivity index (χ1v) is 8.32. The van der Waals surface area contributed by atoms with E-state index in [2.05, 4.69) is 5.32 Å². The molecule has 0 spiro atoms. The molecule has 0 amide bonds. The van der Waals surface area contributed by atoms with E-state index in [0.717, 1.165) is 0 Å². The summed E-state index contributed by atoms with van der Waals surface area (Å²) in [5.41, 5.74) is 0.632. The standard InChI is InChI=1S/C12H17Cl2NO3S/c1-7(19(4,16)17)12(15-2)8-5-10(14)11(18-3)6-9(8)13/h5-7,12,15H,1-4H3. The van der Waals surface area contributed by atoms with Gasteiger partial charge in [0.1, 0.15) is 5.75 Å². The lowest BCUT2D eigenvalue weighted by Crippen LogP contribution is -2.33. The van der Waals surface area contributed by atoms with Gasteiger partial charge in [-0.3, -0.25) is 0 Å². The van der Waals surface area contributed by atoms with E-state index in [1.165, 1.54) is 13.4 Å². The van der Waals surface area contributed by atoms with Crippen LogP contribution in [0.5, 0.6) is 5.75 Å². The maximum atomic E-state index is 11.7. The molecule has 0 aliphatic rings. The van der Waals surface area contributed by atoms with Gasteiger partial charge >= 0.3 is 0 Å². The SMILES string of the molecule is CNC(c1cc(Cl)c(OC)cc1Cl)C(C)S(C)(=O)=O. The summed E-state index contributed by atoms with van der Waals surface area (Å²) in [6, 6.07) is 2.77. The fraction of sp³-hybridized carbons (Fsp3) is 0.500. The summed E-state index contributed by atoms with van der Waals surface area (Å²) in [6.07, 6.45) is 1.20. The number of rotatable bonds is 5. The zero-order valence-corrected chi connectivity index (χ0v) is 13.5. The van der Waals surface area contributed by atoms with E-state index in [1.54, 1.807) is 26.1 Å². The lowest BCUT2D eigenvalue weighted by molar-refractivity contribution is 0.414. The van der Waals surface area contributed by atoms with Crippen LogP contribution >= 0.6 is 23.2 Å². The minimum Gasteiger partial charge on any atom is -0.495 e. The molecule has 1 aromatic rings. The van der Waals surface area contributed by atoms with E-state index in [9.17, 15) is 8.42 Å². The predicted molar refractivity (Wildman–Crippen MR) is 79.1 cm³/mol. The molecule has 0 fully saturated rings. The Balaban J connectivity index is 3.31. The number of ether oxygens (including phenoxy) is 1. The second-order valence-corrected chi connectivity index (χ2v) is 7.53. The predicted octanol–water partition coefficient (Wildman–Crippen LogP) is 2.70. The first-order chi connectivity index (χ1) is 8.72. The monoisotopic (exact) mass is 325 g/mol. The second kappa shape index (κ2) is 6.31. The molecule has 0 saturated carbocycles. The average molecular weight is 326 g/mol. The molecular formula is C12H17Cl2NO3S. The minimum absolute atomic E-state index is 0.392. The van der Waals surface area contributed by atoms with Crippen molar-refractivity contribution in [3.05, 3.63) is 27.7 Å². The molecule has 1 rings (SSSR count). The van der Waals surface area contributed by atoms with E-state index in [1.807, 2.05) is 0 Å². The quantitative estimate of drug-likeness (QED) is 0.904. The van der Waals surface area contributed by atoms with Gasteiger partial charge in [-0.15, -0.1) is 0 Å². The van der Waals surface area contributed by atoms with E-state index < -0.39 is 21.1 Å². The highest BCUT2D eigenvalue weighted by Gasteiger charge is 2.28. The highest BCUT2D eigenvalue weighted by atomic mass is 35.5. The van der Waals surface area contributed by atoms with Crippen LogP contribution in [0.25, 0.3) is 0 Å². The summed E-state index contributed by atoms with van der Waals surface area (Å²) in [6.45, 7) is 1.63. The molecule has 0 aliphatic carbocycles. The van der Waals surface area contributed by atoms with Crippen molar-refractivity contribution in [1.29, 1.82) is 0 Å². The van der Waals surface area contributed by atoms with Gasteiger partial charge in [-0.25, -0.2) is 8.42 Å². The summed E-state index contributed by atoms with van der Waals surface area (Å²) in [7, 11) is -0.0297. The molecule has 1 N–H and O–H groups in total. The van der Waals surface area contributed by atoms with Crippen molar-refractivity contribution in [1.82, 2.24) is 5.32 Å². The maximum absolute atomic E-state index is 11.7. The van der Waals surface area contributed by atoms with Crippen LogP contribution in [0.15, 0.2) is 12.1 Å². The lowest BCUT2D eigenvalue weighted by Gasteiger charge is -2.24. The van der Waals surface area contributed by atoms with Gasteiger partial charge in [0.25, 0.3) is 0 Å². The van der Waals surface area contributed by atoms with Crippen LogP contribution in [0.2, 0.25) is 10.0 Å². The third-order valence-corrected chi connectivity index (χ3v) is 5.31. The van der Waals surface area contributed by atoms with Gasteiger partial charge in [-0.05, 0) is 25.6 Å². The summed E-state index contributed by atoms with van der Waals surface area (Å²) >= 11 is 12.2. The van der Waals surface area contributed by atoms with Gasteiger partial charge in [0, 0.05) is 23.4 Å². The number of methoxy groups -OCH3 is 1. The number of benzene rings is 1. The van der Waals surface area contributed by atoms with Crippen LogP contribution in [-0.2, 0) is 9.84 Å². The molecule has 4 nitrogen and oxygen atoms in total. The third-order valence-electron chi connectivity index (χ3n) is 3.06. The van der Waals surface area contributed by atoms with Crippen LogP contribution in [-0.4, -0.2) is 34.1 Å². The molecule has 0 aliphatic heterocycles. The van der Waals surface area contributed by atoms with Crippen LogP contribution in [0.1, 0.15) is 18.5 Å².